The molecule has 2 unspecified atom stereocenters. The zero-order valence-corrected chi connectivity index (χ0v) is 11.9. The Bertz CT molecular complexity index is 392. The van der Waals surface area contributed by atoms with Gasteiger partial charge in [0.2, 0.25) is 0 Å². The molecule has 0 N–H and O–H groups in total. The minimum absolute atomic E-state index is 0.180. The second-order valence-electron chi connectivity index (χ2n) is 4.85. The summed E-state index contributed by atoms with van der Waals surface area (Å²) in [6.45, 7) is 5.79. The number of alkyl halides is 1. The molecule has 100 valence electrons. The van der Waals surface area contributed by atoms with Crippen LogP contribution in [0.1, 0.15) is 44.6 Å². The Balaban J connectivity index is 2.17. The van der Waals surface area contributed by atoms with Crippen molar-refractivity contribution in [1.82, 2.24) is 0 Å². The van der Waals surface area contributed by atoms with E-state index in [2.05, 4.69) is 26.0 Å². The molecule has 0 saturated carbocycles. The largest absolute Gasteiger partial charge is 0.490 e. The Morgan fingerprint density at radius 3 is 2.67 bits per heavy atom. The third-order valence-corrected chi connectivity index (χ3v) is 4.00. The van der Waals surface area contributed by atoms with Gasteiger partial charge in [-0.25, -0.2) is 0 Å². The fourth-order valence-corrected chi connectivity index (χ4v) is 2.56. The third-order valence-electron chi connectivity index (χ3n) is 3.40. The van der Waals surface area contributed by atoms with Crippen LogP contribution in [0.3, 0.4) is 0 Å². The van der Waals surface area contributed by atoms with Gasteiger partial charge in [0.15, 0.2) is 11.5 Å². The summed E-state index contributed by atoms with van der Waals surface area (Å²) in [5.41, 5.74) is 1.23. The van der Waals surface area contributed by atoms with Crippen molar-refractivity contribution in [2.45, 2.75) is 44.4 Å². The van der Waals surface area contributed by atoms with Crippen LogP contribution in [-0.2, 0) is 0 Å². The summed E-state index contributed by atoms with van der Waals surface area (Å²) in [5, 5.41) is 0.180. The third kappa shape index (κ3) is 3.11. The number of benzene rings is 1. The van der Waals surface area contributed by atoms with E-state index in [0.717, 1.165) is 44.0 Å². The zero-order chi connectivity index (χ0) is 13.0. The second kappa shape index (κ2) is 6.33. The van der Waals surface area contributed by atoms with Gasteiger partial charge in [0.1, 0.15) is 0 Å². The molecule has 0 amide bonds. The average Bonchev–Trinajstić information content (AvgIpc) is 2.62. The van der Waals surface area contributed by atoms with Gasteiger partial charge in [-0.15, -0.1) is 11.6 Å². The molecule has 0 bridgehead atoms. The Morgan fingerprint density at radius 2 is 1.94 bits per heavy atom. The number of halogens is 1. The first-order chi connectivity index (χ1) is 8.72. The van der Waals surface area contributed by atoms with Gasteiger partial charge in [0.05, 0.1) is 13.2 Å². The molecular formula is C15H21ClO2. The van der Waals surface area contributed by atoms with Crippen LogP contribution in [0, 0.1) is 0 Å². The lowest BCUT2D eigenvalue weighted by Crippen LogP contribution is -2.09. The standard InChI is InChI=1S/C15H21ClO2/c1-3-5-13(16)11(2)12-6-7-14-15(10-12)18-9-4-8-17-14/h6-7,10-11,13H,3-5,8-9H2,1-2H3. The van der Waals surface area contributed by atoms with Crippen molar-refractivity contribution >= 4 is 11.6 Å². The molecule has 1 heterocycles. The molecule has 0 aromatic heterocycles. The van der Waals surface area contributed by atoms with Crippen molar-refractivity contribution in [3.8, 4) is 11.5 Å². The lowest BCUT2D eigenvalue weighted by Gasteiger charge is -2.19. The molecule has 0 fully saturated rings. The van der Waals surface area contributed by atoms with Gasteiger partial charge in [-0.3, -0.25) is 0 Å². The predicted molar refractivity (Wildman–Crippen MR) is 75.0 cm³/mol. The fourth-order valence-electron chi connectivity index (χ4n) is 2.20. The molecule has 1 aromatic rings. The van der Waals surface area contributed by atoms with Gasteiger partial charge >= 0.3 is 0 Å². The van der Waals surface area contributed by atoms with E-state index < -0.39 is 0 Å². The normalized spacial score (nSPS) is 17.9. The first-order valence-electron chi connectivity index (χ1n) is 6.76. The zero-order valence-electron chi connectivity index (χ0n) is 11.1. The quantitative estimate of drug-likeness (QED) is 0.756. The van der Waals surface area contributed by atoms with E-state index in [4.69, 9.17) is 21.1 Å². The number of fused-ring (bicyclic) bond motifs is 1. The summed E-state index contributed by atoms with van der Waals surface area (Å²) in [6.07, 6.45) is 3.09. The summed E-state index contributed by atoms with van der Waals surface area (Å²) in [4.78, 5) is 0. The summed E-state index contributed by atoms with van der Waals surface area (Å²) in [7, 11) is 0. The highest BCUT2D eigenvalue weighted by Gasteiger charge is 2.18. The smallest absolute Gasteiger partial charge is 0.161 e. The number of hydrogen-bond donors (Lipinski definition) is 0. The first-order valence-corrected chi connectivity index (χ1v) is 7.19. The van der Waals surface area contributed by atoms with Crippen molar-refractivity contribution in [3.63, 3.8) is 0 Å². The first kappa shape index (κ1) is 13.5. The minimum Gasteiger partial charge on any atom is -0.490 e. The topological polar surface area (TPSA) is 18.5 Å². The van der Waals surface area contributed by atoms with Crippen molar-refractivity contribution in [2.24, 2.45) is 0 Å². The maximum atomic E-state index is 6.41. The highest BCUT2D eigenvalue weighted by atomic mass is 35.5. The van der Waals surface area contributed by atoms with Gasteiger partial charge < -0.3 is 9.47 Å². The summed E-state index contributed by atoms with van der Waals surface area (Å²) in [6, 6.07) is 6.18. The Labute approximate surface area is 114 Å². The van der Waals surface area contributed by atoms with E-state index in [0.29, 0.717) is 5.92 Å². The second-order valence-corrected chi connectivity index (χ2v) is 5.41. The Morgan fingerprint density at radius 1 is 1.22 bits per heavy atom. The van der Waals surface area contributed by atoms with Crippen LogP contribution in [0.4, 0.5) is 0 Å². The predicted octanol–water partition coefficient (Wildman–Crippen LogP) is 4.36. The van der Waals surface area contributed by atoms with Gasteiger partial charge in [-0.05, 0) is 30.0 Å². The van der Waals surface area contributed by atoms with Gasteiger partial charge in [-0.2, -0.15) is 0 Å². The lowest BCUT2D eigenvalue weighted by atomic mass is 9.95. The van der Waals surface area contributed by atoms with E-state index in [1.165, 1.54) is 5.56 Å². The fraction of sp³-hybridized carbons (Fsp3) is 0.600. The Hall–Kier alpha value is -0.890. The molecule has 2 atom stereocenters. The summed E-state index contributed by atoms with van der Waals surface area (Å²) < 4.78 is 11.3. The number of rotatable bonds is 4. The van der Waals surface area contributed by atoms with Crippen LogP contribution in [0.15, 0.2) is 18.2 Å². The van der Waals surface area contributed by atoms with E-state index in [1.54, 1.807) is 0 Å². The SMILES string of the molecule is CCCC(Cl)C(C)c1ccc2c(c1)OCCCO2. The molecule has 0 radical (unpaired) electrons. The van der Waals surface area contributed by atoms with Gasteiger partial charge in [0.25, 0.3) is 0 Å². The Kier molecular flexibility index (Phi) is 4.76. The van der Waals surface area contributed by atoms with Crippen molar-refractivity contribution in [2.75, 3.05) is 13.2 Å². The lowest BCUT2D eigenvalue weighted by molar-refractivity contribution is 0.297. The molecule has 3 heteroatoms. The number of hydrogen-bond acceptors (Lipinski definition) is 2. The molecule has 0 saturated heterocycles. The van der Waals surface area contributed by atoms with Crippen LogP contribution in [0.25, 0.3) is 0 Å². The van der Waals surface area contributed by atoms with Crippen molar-refractivity contribution < 1.29 is 9.47 Å². The van der Waals surface area contributed by atoms with Crippen LogP contribution in [0.2, 0.25) is 0 Å². The van der Waals surface area contributed by atoms with Crippen LogP contribution >= 0.6 is 11.6 Å². The maximum absolute atomic E-state index is 6.41. The van der Waals surface area contributed by atoms with Crippen LogP contribution in [-0.4, -0.2) is 18.6 Å². The molecule has 1 aromatic carbocycles. The summed E-state index contributed by atoms with van der Waals surface area (Å²) >= 11 is 6.41. The molecule has 1 aliphatic heterocycles. The minimum atomic E-state index is 0.180. The molecule has 0 aliphatic carbocycles. The van der Waals surface area contributed by atoms with E-state index in [1.807, 2.05) is 6.07 Å². The summed E-state index contributed by atoms with van der Waals surface area (Å²) in [5.74, 6) is 2.05. The van der Waals surface area contributed by atoms with Gasteiger partial charge in [0, 0.05) is 11.8 Å². The molecule has 0 spiro atoms. The number of ether oxygens (including phenoxy) is 2. The van der Waals surface area contributed by atoms with Crippen LogP contribution < -0.4 is 9.47 Å². The molecule has 2 rings (SSSR count). The molecular weight excluding hydrogens is 248 g/mol. The monoisotopic (exact) mass is 268 g/mol. The highest BCUT2D eigenvalue weighted by Crippen LogP contribution is 2.35. The van der Waals surface area contributed by atoms with E-state index >= 15 is 0 Å². The van der Waals surface area contributed by atoms with E-state index in [9.17, 15) is 0 Å². The maximum Gasteiger partial charge on any atom is 0.161 e. The van der Waals surface area contributed by atoms with E-state index in [-0.39, 0.29) is 5.38 Å². The van der Waals surface area contributed by atoms with Crippen molar-refractivity contribution in [3.05, 3.63) is 23.8 Å². The molecule has 1 aliphatic rings. The molecule has 18 heavy (non-hydrogen) atoms. The van der Waals surface area contributed by atoms with Gasteiger partial charge in [-0.1, -0.05) is 26.3 Å². The average molecular weight is 269 g/mol. The molecule has 2 nitrogen and oxygen atoms in total. The van der Waals surface area contributed by atoms with Crippen molar-refractivity contribution in [1.29, 1.82) is 0 Å². The highest BCUT2D eigenvalue weighted by molar-refractivity contribution is 6.21. The van der Waals surface area contributed by atoms with Crippen LogP contribution in [0.5, 0.6) is 11.5 Å².